The van der Waals surface area contributed by atoms with Crippen molar-refractivity contribution in [2.45, 2.75) is 26.7 Å². The van der Waals surface area contributed by atoms with Crippen LogP contribution in [0.5, 0.6) is 0 Å². The smallest absolute Gasteiger partial charge is 0.149 e. The topological polar surface area (TPSA) is 67.7 Å². The highest BCUT2D eigenvalue weighted by atomic mass is 19.1. The van der Waals surface area contributed by atoms with Crippen LogP contribution in [0.2, 0.25) is 0 Å². The number of nitrogens with zero attached hydrogens (tertiary/aromatic N) is 2. The van der Waals surface area contributed by atoms with Gasteiger partial charge in [-0.1, -0.05) is 13.8 Å². The van der Waals surface area contributed by atoms with Crippen LogP contribution in [0.3, 0.4) is 0 Å². The lowest BCUT2D eigenvalue weighted by Gasteiger charge is -2.08. The maximum absolute atomic E-state index is 14.1. The van der Waals surface area contributed by atoms with Gasteiger partial charge in [-0.15, -0.1) is 0 Å². The first-order valence-electron chi connectivity index (χ1n) is 6.29. The molecule has 19 heavy (non-hydrogen) atoms. The Bertz CT molecular complexity index is 616. The molecule has 3 N–H and O–H groups in total. The zero-order chi connectivity index (χ0) is 14.0. The number of benzene rings is 1. The molecule has 100 valence electrons. The standard InChI is InChI=1S/C14H17FN4/c1-3-10-8-11(4-2)19(18-10)13-6-5-9(14(16)17)7-12(13)15/h5-8H,3-4H2,1-2H3,(H3,16,17). The maximum atomic E-state index is 14.1. The van der Waals surface area contributed by atoms with Crippen molar-refractivity contribution in [2.75, 3.05) is 0 Å². The molecule has 0 aliphatic heterocycles. The van der Waals surface area contributed by atoms with Crippen LogP contribution in [-0.4, -0.2) is 15.6 Å². The molecule has 1 aromatic heterocycles. The van der Waals surface area contributed by atoms with Crippen LogP contribution < -0.4 is 5.73 Å². The molecular weight excluding hydrogens is 243 g/mol. The van der Waals surface area contributed by atoms with Crippen molar-refractivity contribution in [3.05, 3.63) is 47.0 Å². The second-order valence-corrected chi connectivity index (χ2v) is 4.33. The number of amidine groups is 1. The zero-order valence-corrected chi connectivity index (χ0v) is 11.1. The number of nitrogens with two attached hydrogens (primary N) is 1. The van der Waals surface area contributed by atoms with Crippen molar-refractivity contribution < 1.29 is 4.39 Å². The molecule has 0 fully saturated rings. The molecule has 0 atom stereocenters. The lowest BCUT2D eigenvalue weighted by atomic mass is 10.2. The summed E-state index contributed by atoms with van der Waals surface area (Å²) in [5.74, 6) is -0.566. The van der Waals surface area contributed by atoms with Crippen LogP contribution in [0, 0.1) is 11.2 Å². The van der Waals surface area contributed by atoms with E-state index >= 15 is 0 Å². The second-order valence-electron chi connectivity index (χ2n) is 4.33. The van der Waals surface area contributed by atoms with Gasteiger partial charge in [0.05, 0.1) is 5.69 Å². The van der Waals surface area contributed by atoms with Crippen LogP contribution in [-0.2, 0) is 12.8 Å². The molecule has 0 saturated heterocycles. The predicted molar refractivity (Wildman–Crippen MR) is 73.3 cm³/mol. The van der Waals surface area contributed by atoms with Crippen molar-refractivity contribution in [2.24, 2.45) is 5.73 Å². The number of halogens is 1. The molecular formula is C14H17FN4. The summed E-state index contributed by atoms with van der Waals surface area (Å²) in [6, 6.07) is 6.49. The zero-order valence-electron chi connectivity index (χ0n) is 11.1. The minimum absolute atomic E-state index is 0.143. The van der Waals surface area contributed by atoms with Crippen LogP contribution >= 0.6 is 0 Å². The number of nitrogens with one attached hydrogen (secondary N) is 1. The summed E-state index contributed by atoms with van der Waals surface area (Å²) in [5, 5.41) is 11.7. The summed E-state index contributed by atoms with van der Waals surface area (Å²) in [6.45, 7) is 4.02. The average molecular weight is 260 g/mol. The first-order valence-corrected chi connectivity index (χ1v) is 6.29. The minimum atomic E-state index is -0.423. The summed E-state index contributed by atoms with van der Waals surface area (Å²) in [6.07, 6.45) is 1.59. The Hall–Kier alpha value is -2.17. The van der Waals surface area contributed by atoms with Crippen LogP contribution in [0.15, 0.2) is 24.3 Å². The van der Waals surface area contributed by atoms with E-state index in [4.69, 9.17) is 11.1 Å². The normalized spacial score (nSPS) is 10.7. The fraction of sp³-hybridized carbons (Fsp3) is 0.286. The number of hydrogen-bond donors (Lipinski definition) is 2. The van der Waals surface area contributed by atoms with Gasteiger partial charge < -0.3 is 5.73 Å². The lowest BCUT2D eigenvalue weighted by Crippen LogP contribution is -2.12. The highest BCUT2D eigenvalue weighted by Gasteiger charge is 2.12. The van der Waals surface area contributed by atoms with Gasteiger partial charge in [-0.2, -0.15) is 5.10 Å². The van der Waals surface area contributed by atoms with Gasteiger partial charge in [0, 0.05) is 11.3 Å². The lowest BCUT2D eigenvalue weighted by molar-refractivity contribution is 0.605. The fourth-order valence-electron chi connectivity index (χ4n) is 1.95. The number of nitrogen functional groups attached to an aromatic ring is 1. The monoisotopic (exact) mass is 260 g/mol. The molecule has 0 amide bonds. The molecule has 1 heterocycles. The summed E-state index contributed by atoms with van der Waals surface area (Å²) >= 11 is 0. The maximum Gasteiger partial charge on any atom is 0.149 e. The van der Waals surface area contributed by atoms with Crippen molar-refractivity contribution in [3.63, 3.8) is 0 Å². The largest absolute Gasteiger partial charge is 0.384 e. The second kappa shape index (κ2) is 5.22. The molecule has 0 saturated carbocycles. The molecule has 4 nitrogen and oxygen atoms in total. The summed E-state index contributed by atoms with van der Waals surface area (Å²) in [4.78, 5) is 0. The summed E-state index contributed by atoms with van der Waals surface area (Å²) in [5.41, 5.74) is 8.02. The van der Waals surface area contributed by atoms with Crippen LogP contribution in [0.1, 0.15) is 30.8 Å². The first kappa shape index (κ1) is 13.3. The third-order valence-corrected chi connectivity index (χ3v) is 3.05. The number of hydrogen-bond acceptors (Lipinski definition) is 2. The number of rotatable bonds is 4. The van der Waals surface area contributed by atoms with E-state index in [1.54, 1.807) is 16.8 Å². The van der Waals surface area contributed by atoms with Crippen LogP contribution in [0.25, 0.3) is 5.69 Å². The van der Waals surface area contributed by atoms with E-state index in [1.165, 1.54) is 6.07 Å². The third kappa shape index (κ3) is 2.50. The fourth-order valence-corrected chi connectivity index (χ4v) is 1.95. The minimum Gasteiger partial charge on any atom is -0.384 e. The SMILES string of the molecule is CCc1cc(CC)n(-c2ccc(C(=N)N)cc2F)n1. The highest BCUT2D eigenvalue weighted by molar-refractivity contribution is 5.95. The van der Waals surface area contributed by atoms with E-state index in [9.17, 15) is 4.39 Å². The highest BCUT2D eigenvalue weighted by Crippen LogP contribution is 2.18. The molecule has 0 aliphatic carbocycles. The quantitative estimate of drug-likeness (QED) is 0.655. The molecule has 0 unspecified atom stereocenters. The van der Waals surface area contributed by atoms with Gasteiger partial charge in [0.25, 0.3) is 0 Å². The van der Waals surface area contributed by atoms with E-state index in [0.29, 0.717) is 11.3 Å². The molecule has 0 aliphatic rings. The Kier molecular flexibility index (Phi) is 3.64. The van der Waals surface area contributed by atoms with Gasteiger partial charge in [0.2, 0.25) is 0 Å². The van der Waals surface area contributed by atoms with E-state index in [2.05, 4.69) is 5.10 Å². The van der Waals surface area contributed by atoms with Gasteiger partial charge in [-0.05, 0) is 37.1 Å². The average Bonchev–Trinajstić information content (AvgIpc) is 2.81. The van der Waals surface area contributed by atoms with Gasteiger partial charge in [-0.25, -0.2) is 9.07 Å². The Morgan fingerprint density at radius 2 is 2.05 bits per heavy atom. The van der Waals surface area contributed by atoms with E-state index < -0.39 is 5.82 Å². The predicted octanol–water partition coefficient (Wildman–Crippen LogP) is 2.42. The van der Waals surface area contributed by atoms with E-state index in [0.717, 1.165) is 24.2 Å². The van der Waals surface area contributed by atoms with Gasteiger partial charge in [-0.3, -0.25) is 5.41 Å². The molecule has 1 aromatic carbocycles. The van der Waals surface area contributed by atoms with Gasteiger partial charge >= 0.3 is 0 Å². The first-order chi connectivity index (χ1) is 9.06. The van der Waals surface area contributed by atoms with Crippen molar-refractivity contribution >= 4 is 5.84 Å². The summed E-state index contributed by atoms with van der Waals surface area (Å²) in [7, 11) is 0. The molecule has 2 aromatic rings. The molecule has 2 rings (SSSR count). The van der Waals surface area contributed by atoms with Crippen molar-refractivity contribution in [3.8, 4) is 5.69 Å². The van der Waals surface area contributed by atoms with Crippen molar-refractivity contribution in [1.82, 2.24) is 9.78 Å². The number of aryl methyl sites for hydroxylation is 2. The Balaban J connectivity index is 2.52. The Labute approximate surface area is 111 Å². The number of aromatic nitrogens is 2. The molecule has 0 radical (unpaired) electrons. The van der Waals surface area contributed by atoms with Crippen molar-refractivity contribution in [1.29, 1.82) is 5.41 Å². The van der Waals surface area contributed by atoms with Gasteiger partial charge in [0.15, 0.2) is 0 Å². The van der Waals surface area contributed by atoms with E-state index in [1.807, 2.05) is 19.9 Å². The van der Waals surface area contributed by atoms with E-state index in [-0.39, 0.29) is 5.84 Å². The summed E-state index contributed by atoms with van der Waals surface area (Å²) < 4.78 is 15.7. The Morgan fingerprint density at radius 1 is 1.32 bits per heavy atom. The molecule has 0 bridgehead atoms. The van der Waals surface area contributed by atoms with Gasteiger partial charge in [0.1, 0.15) is 17.3 Å². The third-order valence-electron chi connectivity index (χ3n) is 3.05. The molecule has 5 heteroatoms. The Morgan fingerprint density at radius 3 is 2.58 bits per heavy atom. The molecule has 0 spiro atoms. The van der Waals surface area contributed by atoms with Crippen LogP contribution in [0.4, 0.5) is 4.39 Å².